The molecule has 0 radical (unpaired) electrons. The molecule has 4 heteroatoms. The van der Waals surface area contributed by atoms with Crippen LogP contribution in [0.15, 0.2) is 22.7 Å². The molecule has 0 saturated heterocycles. The van der Waals surface area contributed by atoms with E-state index in [0.717, 1.165) is 9.50 Å². The Morgan fingerprint density at radius 3 is 2.67 bits per heavy atom. The second-order valence-electron chi connectivity index (χ2n) is 4.01. The zero-order chi connectivity index (χ0) is 10.8. The number of hydrazine groups is 1. The van der Waals surface area contributed by atoms with Gasteiger partial charge in [0.25, 0.3) is 0 Å². The van der Waals surface area contributed by atoms with E-state index in [4.69, 9.17) is 17.4 Å². The summed E-state index contributed by atoms with van der Waals surface area (Å²) in [6.07, 6.45) is 3.84. The minimum Gasteiger partial charge on any atom is -0.271 e. The monoisotopic (exact) mass is 288 g/mol. The van der Waals surface area contributed by atoms with Crippen molar-refractivity contribution in [3.63, 3.8) is 0 Å². The highest BCUT2D eigenvalue weighted by atomic mass is 79.9. The van der Waals surface area contributed by atoms with E-state index in [2.05, 4.69) is 21.4 Å². The first-order valence-corrected chi connectivity index (χ1v) is 6.30. The molecule has 0 aromatic heterocycles. The van der Waals surface area contributed by atoms with Crippen molar-refractivity contribution in [3.05, 3.63) is 33.3 Å². The van der Waals surface area contributed by atoms with Crippen molar-refractivity contribution in [1.29, 1.82) is 0 Å². The van der Waals surface area contributed by atoms with Crippen molar-refractivity contribution in [2.24, 2.45) is 11.8 Å². The van der Waals surface area contributed by atoms with E-state index in [-0.39, 0.29) is 6.04 Å². The molecular formula is C11H14BrClN2. The van der Waals surface area contributed by atoms with Crippen molar-refractivity contribution < 1.29 is 0 Å². The molecule has 3 N–H and O–H groups in total. The van der Waals surface area contributed by atoms with Gasteiger partial charge in [0, 0.05) is 10.5 Å². The van der Waals surface area contributed by atoms with Crippen LogP contribution in [-0.2, 0) is 0 Å². The lowest BCUT2D eigenvalue weighted by Gasteiger charge is -2.33. The third-order valence-electron chi connectivity index (χ3n) is 3.10. The lowest BCUT2D eigenvalue weighted by atomic mass is 9.77. The normalized spacial score (nSPS) is 18.6. The molecule has 1 saturated carbocycles. The fourth-order valence-corrected chi connectivity index (χ4v) is 2.50. The first-order valence-electron chi connectivity index (χ1n) is 5.13. The molecule has 1 aromatic rings. The highest BCUT2D eigenvalue weighted by molar-refractivity contribution is 9.10. The first-order chi connectivity index (χ1) is 7.22. The molecule has 1 aromatic carbocycles. The van der Waals surface area contributed by atoms with Gasteiger partial charge < -0.3 is 0 Å². The van der Waals surface area contributed by atoms with Crippen molar-refractivity contribution in [1.82, 2.24) is 5.43 Å². The summed E-state index contributed by atoms with van der Waals surface area (Å²) < 4.78 is 0.932. The lowest BCUT2D eigenvalue weighted by molar-refractivity contribution is 0.232. The summed E-state index contributed by atoms with van der Waals surface area (Å²) in [6.45, 7) is 0. The summed E-state index contributed by atoms with van der Waals surface area (Å²) in [5.74, 6) is 6.27. The smallest absolute Gasteiger partial charge is 0.0548 e. The topological polar surface area (TPSA) is 38.0 Å². The highest BCUT2D eigenvalue weighted by Crippen LogP contribution is 2.38. The Hall–Kier alpha value is -0.0900. The number of nitrogens with one attached hydrogen (secondary N) is 1. The lowest BCUT2D eigenvalue weighted by Crippen LogP contribution is -2.36. The SMILES string of the molecule is NNC(c1ccc(Cl)c(Br)c1)C1CCC1. The molecule has 1 atom stereocenters. The summed E-state index contributed by atoms with van der Waals surface area (Å²) in [6, 6.07) is 6.25. The van der Waals surface area contributed by atoms with Gasteiger partial charge in [-0.15, -0.1) is 0 Å². The van der Waals surface area contributed by atoms with E-state index >= 15 is 0 Å². The van der Waals surface area contributed by atoms with Crippen molar-refractivity contribution in [3.8, 4) is 0 Å². The van der Waals surface area contributed by atoms with E-state index in [1.165, 1.54) is 24.8 Å². The Morgan fingerprint density at radius 1 is 1.47 bits per heavy atom. The Morgan fingerprint density at radius 2 is 2.20 bits per heavy atom. The van der Waals surface area contributed by atoms with E-state index in [0.29, 0.717) is 5.92 Å². The number of hydrogen-bond donors (Lipinski definition) is 2. The predicted molar refractivity (Wildman–Crippen MR) is 66.6 cm³/mol. The number of benzene rings is 1. The summed E-state index contributed by atoms with van der Waals surface area (Å²) in [4.78, 5) is 0. The van der Waals surface area contributed by atoms with Crippen LogP contribution in [0, 0.1) is 5.92 Å². The largest absolute Gasteiger partial charge is 0.271 e. The van der Waals surface area contributed by atoms with Gasteiger partial charge in [-0.05, 0) is 52.4 Å². The van der Waals surface area contributed by atoms with Gasteiger partial charge in [-0.25, -0.2) is 0 Å². The van der Waals surface area contributed by atoms with E-state index in [9.17, 15) is 0 Å². The summed E-state index contributed by atoms with van der Waals surface area (Å²) in [5.41, 5.74) is 4.11. The zero-order valence-corrected chi connectivity index (χ0v) is 10.7. The fourth-order valence-electron chi connectivity index (χ4n) is 1.98. The van der Waals surface area contributed by atoms with Gasteiger partial charge in [0.2, 0.25) is 0 Å². The van der Waals surface area contributed by atoms with Crippen molar-refractivity contribution >= 4 is 27.5 Å². The van der Waals surface area contributed by atoms with Gasteiger partial charge in [-0.1, -0.05) is 24.1 Å². The molecule has 0 amide bonds. The molecule has 1 fully saturated rings. The van der Waals surface area contributed by atoms with E-state index in [1.54, 1.807) is 0 Å². The van der Waals surface area contributed by atoms with E-state index < -0.39 is 0 Å². The molecule has 82 valence electrons. The Kier molecular flexibility index (Phi) is 3.67. The quantitative estimate of drug-likeness (QED) is 0.661. The zero-order valence-electron chi connectivity index (χ0n) is 8.34. The predicted octanol–water partition coefficient (Wildman–Crippen LogP) is 3.41. The first kappa shape index (κ1) is 11.4. The number of nitrogens with two attached hydrogens (primary N) is 1. The van der Waals surface area contributed by atoms with Gasteiger partial charge >= 0.3 is 0 Å². The highest BCUT2D eigenvalue weighted by Gasteiger charge is 2.27. The maximum absolute atomic E-state index is 5.96. The third kappa shape index (κ3) is 2.36. The summed E-state index contributed by atoms with van der Waals surface area (Å²) in [7, 11) is 0. The Labute approximate surface area is 103 Å². The number of halogens is 2. The average Bonchev–Trinajstić information content (AvgIpc) is 2.16. The second-order valence-corrected chi connectivity index (χ2v) is 5.27. The molecular weight excluding hydrogens is 275 g/mol. The molecule has 1 aliphatic carbocycles. The Balaban J connectivity index is 2.21. The molecule has 15 heavy (non-hydrogen) atoms. The second kappa shape index (κ2) is 4.83. The maximum atomic E-state index is 5.96. The summed E-state index contributed by atoms with van der Waals surface area (Å²) in [5, 5.41) is 0.739. The van der Waals surface area contributed by atoms with Crippen LogP contribution in [0.5, 0.6) is 0 Å². The van der Waals surface area contributed by atoms with Crippen LogP contribution in [-0.4, -0.2) is 0 Å². The van der Waals surface area contributed by atoms with Crippen molar-refractivity contribution in [2.75, 3.05) is 0 Å². The van der Waals surface area contributed by atoms with Gasteiger partial charge in [0.15, 0.2) is 0 Å². The summed E-state index contributed by atoms with van der Waals surface area (Å²) >= 11 is 9.39. The van der Waals surface area contributed by atoms with Crippen LogP contribution in [0.2, 0.25) is 5.02 Å². The molecule has 2 rings (SSSR count). The van der Waals surface area contributed by atoms with Crippen LogP contribution >= 0.6 is 27.5 Å². The number of hydrogen-bond acceptors (Lipinski definition) is 2. The van der Waals surface area contributed by atoms with Gasteiger partial charge in [0.05, 0.1) is 5.02 Å². The van der Waals surface area contributed by atoms with Crippen LogP contribution < -0.4 is 11.3 Å². The minimum absolute atomic E-state index is 0.257. The van der Waals surface area contributed by atoms with Gasteiger partial charge in [0.1, 0.15) is 0 Å². The van der Waals surface area contributed by atoms with Gasteiger partial charge in [-0.2, -0.15) is 0 Å². The Bertz CT molecular complexity index is 352. The average molecular weight is 290 g/mol. The third-order valence-corrected chi connectivity index (χ3v) is 4.32. The molecule has 1 unspecified atom stereocenters. The molecule has 0 aliphatic heterocycles. The molecule has 2 nitrogen and oxygen atoms in total. The minimum atomic E-state index is 0.257. The molecule has 0 heterocycles. The molecule has 0 bridgehead atoms. The molecule has 0 spiro atoms. The van der Waals surface area contributed by atoms with Crippen LogP contribution in [0.25, 0.3) is 0 Å². The van der Waals surface area contributed by atoms with Gasteiger partial charge in [-0.3, -0.25) is 11.3 Å². The number of rotatable bonds is 3. The van der Waals surface area contributed by atoms with Crippen molar-refractivity contribution in [2.45, 2.75) is 25.3 Å². The fraction of sp³-hybridized carbons (Fsp3) is 0.455. The van der Waals surface area contributed by atoms with Crippen LogP contribution in [0.4, 0.5) is 0 Å². The van der Waals surface area contributed by atoms with Crippen LogP contribution in [0.3, 0.4) is 0 Å². The molecule has 1 aliphatic rings. The van der Waals surface area contributed by atoms with Crippen LogP contribution in [0.1, 0.15) is 30.9 Å². The van der Waals surface area contributed by atoms with E-state index in [1.807, 2.05) is 18.2 Å². The standard InChI is InChI=1S/C11H14BrClN2/c12-9-6-8(4-5-10(9)13)11(15-14)7-2-1-3-7/h4-7,11,15H,1-3,14H2. The maximum Gasteiger partial charge on any atom is 0.0548 e.